The Morgan fingerprint density at radius 2 is 1.81 bits per heavy atom. The molecular weight excluding hydrogens is 382 g/mol. The normalized spacial score (nSPS) is 20.2. The van der Waals surface area contributed by atoms with Crippen molar-refractivity contribution >= 4 is 22.0 Å². The summed E-state index contributed by atoms with van der Waals surface area (Å²) in [5, 5.41) is 18.0. The minimum Gasteiger partial charge on any atom is -0.507 e. The first-order valence-electron chi connectivity index (χ1n) is 11.5. The van der Waals surface area contributed by atoms with E-state index in [0.717, 1.165) is 58.0 Å². The smallest absolute Gasteiger partial charge is 0.128 e. The summed E-state index contributed by atoms with van der Waals surface area (Å²) in [4.78, 5) is 2.52. The van der Waals surface area contributed by atoms with Crippen molar-refractivity contribution in [3.05, 3.63) is 60.3 Å². The van der Waals surface area contributed by atoms with Crippen LogP contribution in [0, 0.1) is 18.8 Å². The fourth-order valence-electron chi connectivity index (χ4n) is 4.91. The average molecular weight is 414 g/mol. The Morgan fingerprint density at radius 1 is 0.968 bits per heavy atom. The van der Waals surface area contributed by atoms with Crippen molar-refractivity contribution in [1.29, 1.82) is 0 Å². The molecule has 2 aromatic carbocycles. The van der Waals surface area contributed by atoms with Crippen molar-refractivity contribution < 1.29 is 5.11 Å². The van der Waals surface area contributed by atoms with Gasteiger partial charge in [-0.3, -0.25) is 0 Å². The SMILES string of the molecule is Cc1c(O)c(-c2cc3ccccn3n2)cc2ccc(N3CCCC(C)C(C)CC3)cc12. The molecule has 160 valence electrons. The highest BCUT2D eigenvalue weighted by molar-refractivity contribution is 5.95. The number of benzene rings is 2. The van der Waals surface area contributed by atoms with Crippen LogP contribution in [0.3, 0.4) is 0 Å². The van der Waals surface area contributed by atoms with Crippen LogP contribution in [0.5, 0.6) is 5.75 Å². The van der Waals surface area contributed by atoms with Gasteiger partial charge in [0.1, 0.15) is 5.75 Å². The molecule has 1 aliphatic heterocycles. The van der Waals surface area contributed by atoms with Crippen molar-refractivity contribution in [1.82, 2.24) is 9.61 Å². The van der Waals surface area contributed by atoms with Crippen LogP contribution in [0.4, 0.5) is 5.69 Å². The quantitative estimate of drug-likeness (QED) is 0.412. The first-order valence-corrected chi connectivity index (χ1v) is 11.5. The fourth-order valence-corrected chi connectivity index (χ4v) is 4.91. The molecule has 3 heterocycles. The summed E-state index contributed by atoms with van der Waals surface area (Å²) in [7, 11) is 0. The number of phenolic OH excluding ortho intramolecular Hbond substituents is 1. The number of nitrogens with zero attached hydrogens (tertiary/aromatic N) is 3. The number of phenols is 1. The van der Waals surface area contributed by atoms with E-state index < -0.39 is 0 Å². The standard InChI is InChI=1S/C27H31N3O/c1-18-7-6-12-29(14-11-19(18)2)22-10-9-21-15-25(27(31)20(3)24(21)16-22)26-17-23-8-4-5-13-30(23)28-26/h4-5,8-10,13,15-19,31H,6-7,11-12,14H2,1-3H3. The number of hydrogen-bond acceptors (Lipinski definition) is 3. The van der Waals surface area contributed by atoms with Gasteiger partial charge in [0.15, 0.2) is 0 Å². The number of aromatic hydroxyl groups is 1. The number of aromatic nitrogens is 2. The molecule has 0 aliphatic carbocycles. The number of pyridine rings is 1. The van der Waals surface area contributed by atoms with Crippen molar-refractivity contribution in [2.75, 3.05) is 18.0 Å². The second kappa shape index (κ2) is 7.92. The summed E-state index contributed by atoms with van der Waals surface area (Å²) in [5.74, 6) is 1.90. The maximum atomic E-state index is 11.1. The van der Waals surface area contributed by atoms with Crippen molar-refractivity contribution in [2.45, 2.75) is 40.0 Å². The number of rotatable bonds is 2. The van der Waals surface area contributed by atoms with Gasteiger partial charge in [-0.05, 0) is 90.8 Å². The van der Waals surface area contributed by atoms with Crippen LogP contribution in [-0.2, 0) is 0 Å². The Balaban J connectivity index is 1.53. The summed E-state index contributed by atoms with van der Waals surface area (Å²) in [6.45, 7) is 8.99. The predicted molar refractivity (Wildman–Crippen MR) is 129 cm³/mol. The molecular formula is C27H31N3O. The molecule has 0 spiro atoms. The Morgan fingerprint density at radius 3 is 2.65 bits per heavy atom. The van der Waals surface area contributed by atoms with Gasteiger partial charge in [0.2, 0.25) is 0 Å². The Hall–Kier alpha value is -3.01. The lowest BCUT2D eigenvalue weighted by Gasteiger charge is -2.32. The topological polar surface area (TPSA) is 40.8 Å². The minimum absolute atomic E-state index is 0.322. The summed E-state index contributed by atoms with van der Waals surface area (Å²) >= 11 is 0. The molecule has 5 rings (SSSR count). The molecule has 31 heavy (non-hydrogen) atoms. The van der Waals surface area contributed by atoms with Gasteiger partial charge in [-0.25, -0.2) is 4.52 Å². The first kappa shape index (κ1) is 19.9. The molecule has 1 saturated heterocycles. The lowest BCUT2D eigenvalue weighted by molar-refractivity contribution is 0.322. The van der Waals surface area contributed by atoms with Crippen LogP contribution in [0.2, 0.25) is 0 Å². The van der Waals surface area contributed by atoms with Gasteiger partial charge in [0.25, 0.3) is 0 Å². The van der Waals surface area contributed by atoms with Crippen LogP contribution >= 0.6 is 0 Å². The Bertz CT molecular complexity index is 1210. The molecule has 4 aromatic rings. The zero-order valence-corrected chi connectivity index (χ0v) is 18.7. The van der Waals surface area contributed by atoms with Gasteiger partial charge in [-0.15, -0.1) is 0 Å². The van der Waals surface area contributed by atoms with Gasteiger partial charge < -0.3 is 10.0 Å². The van der Waals surface area contributed by atoms with Gasteiger partial charge in [-0.1, -0.05) is 26.0 Å². The Labute approximate surface area is 184 Å². The van der Waals surface area contributed by atoms with Crippen LogP contribution < -0.4 is 4.90 Å². The van der Waals surface area contributed by atoms with E-state index in [9.17, 15) is 5.11 Å². The molecule has 0 amide bonds. The number of fused-ring (bicyclic) bond motifs is 2. The van der Waals surface area contributed by atoms with Crippen LogP contribution in [0.1, 0.15) is 38.7 Å². The van der Waals surface area contributed by atoms with Crippen molar-refractivity contribution in [3.63, 3.8) is 0 Å². The average Bonchev–Trinajstić information content (AvgIpc) is 3.21. The monoisotopic (exact) mass is 413 g/mol. The summed E-state index contributed by atoms with van der Waals surface area (Å²) in [6.07, 6.45) is 5.70. The third-order valence-corrected chi connectivity index (χ3v) is 7.28. The first-order chi connectivity index (χ1) is 15.0. The van der Waals surface area contributed by atoms with E-state index in [4.69, 9.17) is 0 Å². The molecule has 1 N–H and O–H groups in total. The zero-order valence-electron chi connectivity index (χ0n) is 18.7. The lowest BCUT2D eigenvalue weighted by atomic mass is 9.87. The number of aryl methyl sites for hydroxylation is 1. The lowest BCUT2D eigenvalue weighted by Crippen LogP contribution is -2.30. The second-order valence-electron chi connectivity index (χ2n) is 9.28. The van der Waals surface area contributed by atoms with E-state index in [-0.39, 0.29) is 0 Å². The van der Waals surface area contributed by atoms with Crippen molar-refractivity contribution in [2.24, 2.45) is 11.8 Å². The van der Waals surface area contributed by atoms with Crippen molar-refractivity contribution in [3.8, 4) is 17.0 Å². The van der Waals surface area contributed by atoms with E-state index in [1.807, 2.05) is 41.9 Å². The largest absolute Gasteiger partial charge is 0.507 e. The molecule has 2 aromatic heterocycles. The van der Waals surface area contributed by atoms with E-state index in [2.05, 4.69) is 48.1 Å². The summed E-state index contributed by atoms with van der Waals surface area (Å²) in [6, 6.07) is 16.8. The molecule has 0 bridgehead atoms. The molecule has 4 heteroatoms. The second-order valence-corrected chi connectivity index (χ2v) is 9.28. The van der Waals surface area contributed by atoms with Gasteiger partial charge in [0, 0.05) is 30.5 Å². The van der Waals surface area contributed by atoms with Gasteiger partial charge in [0.05, 0.1) is 11.2 Å². The summed E-state index contributed by atoms with van der Waals surface area (Å²) < 4.78 is 1.85. The molecule has 0 radical (unpaired) electrons. The number of anilines is 1. The molecule has 2 atom stereocenters. The van der Waals surface area contributed by atoms with Crippen LogP contribution in [0.15, 0.2) is 54.7 Å². The molecule has 4 nitrogen and oxygen atoms in total. The summed E-state index contributed by atoms with van der Waals surface area (Å²) in [5.41, 5.74) is 4.78. The predicted octanol–water partition coefficient (Wildman–Crippen LogP) is 6.43. The third-order valence-electron chi connectivity index (χ3n) is 7.28. The molecule has 1 aliphatic rings. The van der Waals surface area contributed by atoms with E-state index in [0.29, 0.717) is 5.75 Å². The van der Waals surface area contributed by atoms with E-state index in [1.54, 1.807) is 0 Å². The molecule has 1 fully saturated rings. The maximum absolute atomic E-state index is 11.1. The zero-order chi connectivity index (χ0) is 21.5. The third kappa shape index (κ3) is 3.65. The van der Waals surface area contributed by atoms with Crippen LogP contribution in [0.25, 0.3) is 27.5 Å². The molecule has 2 unspecified atom stereocenters. The van der Waals surface area contributed by atoms with Crippen LogP contribution in [-0.4, -0.2) is 27.8 Å². The highest BCUT2D eigenvalue weighted by Gasteiger charge is 2.19. The minimum atomic E-state index is 0.322. The fraction of sp³-hybridized carbons (Fsp3) is 0.370. The molecule has 0 saturated carbocycles. The highest BCUT2D eigenvalue weighted by Crippen LogP contribution is 2.38. The van der Waals surface area contributed by atoms with E-state index >= 15 is 0 Å². The van der Waals surface area contributed by atoms with Gasteiger partial charge in [-0.2, -0.15) is 5.10 Å². The highest BCUT2D eigenvalue weighted by atomic mass is 16.3. The maximum Gasteiger partial charge on any atom is 0.128 e. The van der Waals surface area contributed by atoms with Gasteiger partial charge >= 0.3 is 0 Å². The number of hydrogen-bond donors (Lipinski definition) is 1. The Kier molecular flexibility index (Phi) is 5.09. The van der Waals surface area contributed by atoms with E-state index in [1.165, 1.54) is 24.9 Å².